The van der Waals surface area contributed by atoms with Gasteiger partial charge in [-0.15, -0.1) is 0 Å². The lowest BCUT2D eigenvalue weighted by atomic mass is 10.1. The molecule has 1 aliphatic rings. The molecule has 1 unspecified atom stereocenters. The van der Waals surface area contributed by atoms with Crippen molar-refractivity contribution in [1.82, 2.24) is 0 Å². The molecule has 0 aromatic heterocycles. The van der Waals surface area contributed by atoms with Crippen molar-refractivity contribution in [2.75, 3.05) is 4.90 Å². The van der Waals surface area contributed by atoms with E-state index in [0.29, 0.717) is 16.3 Å². The van der Waals surface area contributed by atoms with E-state index >= 15 is 0 Å². The third-order valence-corrected chi connectivity index (χ3v) is 4.61. The van der Waals surface area contributed by atoms with Crippen molar-refractivity contribution < 1.29 is 9.59 Å². The Kier molecular flexibility index (Phi) is 3.46. The molecule has 2 amide bonds. The zero-order valence-corrected chi connectivity index (χ0v) is 13.2. The molecule has 1 aromatic carbocycles. The van der Waals surface area contributed by atoms with Crippen LogP contribution in [0.4, 0.5) is 5.69 Å². The van der Waals surface area contributed by atoms with Crippen LogP contribution in [0.15, 0.2) is 18.2 Å². The fraction of sp³-hybridized carbons (Fsp3) is 0.273. The van der Waals surface area contributed by atoms with Crippen molar-refractivity contribution in [3.8, 4) is 0 Å². The monoisotopic (exact) mass is 394 g/mol. The molecule has 96 valence electrons. The number of amides is 2. The Hall–Kier alpha value is -0.590. The number of rotatable bonds is 2. The van der Waals surface area contributed by atoms with Crippen molar-refractivity contribution in [3.63, 3.8) is 0 Å². The maximum absolute atomic E-state index is 12.3. The van der Waals surface area contributed by atoms with E-state index in [-0.39, 0.29) is 5.91 Å². The Labute approximate surface area is 126 Å². The summed E-state index contributed by atoms with van der Waals surface area (Å²) in [6, 6.07) is 4.30. The molecule has 1 heterocycles. The van der Waals surface area contributed by atoms with E-state index in [4.69, 9.17) is 17.3 Å². The van der Waals surface area contributed by atoms with Gasteiger partial charge in [0.1, 0.15) is 6.04 Å². The number of carbonyl (C=O) groups is 2. The fourth-order valence-electron chi connectivity index (χ4n) is 1.86. The molecular formula is C11H9Br2ClN2O2. The van der Waals surface area contributed by atoms with Crippen molar-refractivity contribution in [1.29, 1.82) is 0 Å². The second-order valence-corrected chi connectivity index (χ2v) is 7.87. The smallest absolute Gasteiger partial charge is 0.260 e. The number of hydrogen-bond acceptors (Lipinski definition) is 2. The highest BCUT2D eigenvalue weighted by molar-refractivity contribution is 9.25. The molecule has 0 fully saturated rings. The first-order chi connectivity index (χ1) is 8.26. The normalized spacial score (nSPS) is 18.7. The largest absolute Gasteiger partial charge is 0.368 e. The van der Waals surface area contributed by atoms with Gasteiger partial charge in [0.15, 0.2) is 3.23 Å². The number of carbonyl (C=O) groups excluding carboxylic acids is 2. The molecule has 0 radical (unpaired) electrons. The lowest BCUT2D eigenvalue weighted by Crippen LogP contribution is -2.46. The van der Waals surface area contributed by atoms with Gasteiger partial charge in [-0.3, -0.25) is 14.5 Å². The number of primary amides is 1. The molecule has 18 heavy (non-hydrogen) atoms. The Morgan fingerprint density at radius 1 is 1.50 bits per heavy atom. The predicted octanol–water partition coefficient (Wildman–Crippen LogP) is 2.50. The van der Waals surface area contributed by atoms with Gasteiger partial charge < -0.3 is 5.73 Å². The minimum atomic E-state index is -1.07. The Morgan fingerprint density at radius 2 is 2.11 bits per heavy atom. The summed E-state index contributed by atoms with van der Waals surface area (Å²) in [5.41, 5.74) is 6.54. The summed E-state index contributed by atoms with van der Waals surface area (Å²) < 4.78 is -1.07. The quantitative estimate of drug-likeness (QED) is 0.781. The summed E-state index contributed by atoms with van der Waals surface area (Å²) in [7, 11) is 0. The van der Waals surface area contributed by atoms with Crippen LogP contribution in [0.3, 0.4) is 0 Å². The molecule has 0 aliphatic carbocycles. The number of hydrogen-bond donors (Lipinski definition) is 1. The van der Waals surface area contributed by atoms with E-state index < -0.39 is 15.2 Å². The Balaban J connectivity index is 2.61. The SMILES string of the molecule is CC(C(N)=O)N1C(=O)C(Br)(Br)c2cc(Cl)ccc21. The zero-order chi connectivity index (χ0) is 13.7. The summed E-state index contributed by atoms with van der Waals surface area (Å²) in [4.78, 5) is 25.0. The van der Waals surface area contributed by atoms with Crippen molar-refractivity contribution in [2.24, 2.45) is 5.73 Å². The van der Waals surface area contributed by atoms with Crippen LogP contribution in [0.5, 0.6) is 0 Å². The number of nitrogens with two attached hydrogens (primary N) is 1. The summed E-state index contributed by atoms with van der Waals surface area (Å²) in [5, 5.41) is 0.512. The molecule has 4 nitrogen and oxygen atoms in total. The van der Waals surface area contributed by atoms with Crippen LogP contribution in [0, 0.1) is 0 Å². The molecule has 0 bridgehead atoms. The van der Waals surface area contributed by atoms with E-state index in [1.165, 1.54) is 4.90 Å². The average Bonchev–Trinajstić information content (AvgIpc) is 2.48. The third-order valence-electron chi connectivity index (χ3n) is 2.84. The highest BCUT2D eigenvalue weighted by Gasteiger charge is 2.49. The highest BCUT2D eigenvalue weighted by Crippen LogP contribution is 2.51. The van der Waals surface area contributed by atoms with Crippen LogP contribution in [-0.4, -0.2) is 17.9 Å². The summed E-state index contributed by atoms with van der Waals surface area (Å²) in [6.07, 6.45) is 0. The van der Waals surface area contributed by atoms with Gasteiger partial charge in [0.2, 0.25) is 5.91 Å². The molecule has 1 aliphatic heterocycles. The highest BCUT2D eigenvalue weighted by atomic mass is 79.9. The first-order valence-corrected chi connectivity index (χ1v) is 7.04. The maximum Gasteiger partial charge on any atom is 0.260 e. The van der Waals surface area contributed by atoms with Gasteiger partial charge in [-0.2, -0.15) is 0 Å². The topological polar surface area (TPSA) is 63.4 Å². The lowest BCUT2D eigenvalue weighted by Gasteiger charge is -2.23. The van der Waals surface area contributed by atoms with Crippen molar-refractivity contribution in [2.45, 2.75) is 16.2 Å². The molecule has 2 N–H and O–H groups in total. The van der Waals surface area contributed by atoms with Gasteiger partial charge in [-0.05, 0) is 25.1 Å². The summed E-state index contributed by atoms with van der Waals surface area (Å²) >= 11 is 12.6. The second kappa shape index (κ2) is 4.51. The molecule has 2 rings (SSSR count). The van der Waals surface area contributed by atoms with Crippen LogP contribution in [0.1, 0.15) is 12.5 Å². The second-order valence-electron chi connectivity index (χ2n) is 3.99. The molecule has 0 saturated carbocycles. The minimum Gasteiger partial charge on any atom is -0.368 e. The standard InChI is InChI=1S/C11H9Br2ClN2O2/c1-5(9(15)17)16-8-3-2-6(14)4-7(8)11(12,13)10(16)18/h2-5H,1H3,(H2,15,17). The van der Waals surface area contributed by atoms with E-state index in [9.17, 15) is 9.59 Å². The molecular weight excluding hydrogens is 387 g/mol. The number of nitrogens with zero attached hydrogens (tertiary/aromatic N) is 1. The van der Waals surface area contributed by atoms with Gasteiger partial charge in [-0.1, -0.05) is 43.5 Å². The number of fused-ring (bicyclic) bond motifs is 1. The first kappa shape index (κ1) is 13.8. The number of halogens is 3. The molecule has 0 spiro atoms. The molecule has 1 aromatic rings. The van der Waals surface area contributed by atoms with E-state index in [0.717, 1.165) is 0 Å². The number of alkyl halides is 2. The Morgan fingerprint density at radius 3 is 2.67 bits per heavy atom. The van der Waals surface area contributed by atoms with Gasteiger partial charge in [0, 0.05) is 10.6 Å². The van der Waals surface area contributed by atoms with Gasteiger partial charge >= 0.3 is 0 Å². The first-order valence-electron chi connectivity index (χ1n) is 5.07. The zero-order valence-electron chi connectivity index (χ0n) is 9.28. The third kappa shape index (κ3) is 1.96. The van der Waals surface area contributed by atoms with E-state index in [1.54, 1.807) is 25.1 Å². The summed E-state index contributed by atoms with van der Waals surface area (Å²) in [5.74, 6) is -0.868. The van der Waals surface area contributed by atoms with Gasteiger partial charge in [-0.25, -0.2) is 0 Å². The fourth-order valence-corrected chi connectivity index (χ4v) is 3.05. The van der Waals surface area contributed by atoms with Crippen LogP contribution in [0.25, 0.3) is 0 Å². The maximum atomic E-state index is 12.3. The van der Waals surface area contributed by atoms with E-state index in [1.807, 2.05) is 0 Å². The Bertz CT molecular complexity index is 548. The predicted molar refractivity (Wildman–Crippen MR) is 77.1 cm³/mol. The number of anilines is 1. The van der Waals surface area contributed by atoms with Crippen LogP contribution >= 0.6 is 43.5 Å². The van der Waals surface area contributed by atoms with Crippen molar-refractivity contribution in [3.05, 3.63) is 28.8 Å². The summed E-state index contributed by atoms with van der Waals surface area (Å²) in [6.45, 7) is 1.58. The molecule has 0 saturated heterocycles. The van der Waals surface area contributed by atoms with Crippen molar-refractivity contribution >= 4 is 61.0 Å². The van der Waals surface area contributed by atoms with Gasteiger partial charge in [0.25, 0.3) is 5.91 Å². The van der Waals surface area contributed by atoms with Crippen LogP contribution in [-0.2, 0) is 12.8 Å². The van der Waals surface area contributed by atoms with E-state index in [2.05, 4.69) is 31.9 Å². The minimum absolute atomic E-state index is 0.300. The molecule has 7 heteroatoms. The molecule has 1 atom stereocenters. The lowest BCUT2D eigenvalue weighted by molar-refractivity contribution is -0.123. The number of benzene rings is 1. The van der Waals surface area contributed by atoms with Gasteiger partial charge in [0.05, 0.1) is 5.69 Å². The van der Waals surface area contributed by atoms with Crippen LogP contribution < -0.4 is 10.6 Å². The van der Waals surface area contributed by atoms with Crippen LogP contribution in [0.2, 0.25) is 5.02 Å². The average molecular weight is 396 g/mol.